The number of carbonyl (C=O) groups is 3. The van der Waals surface area contributed by atoms with Crippen LogP contribution in [0.4, 0.5) is 0 Å². The fourth-order valence-corrected chi connectivity index (χ4v) is 6.93. The molecule has 48 heavy (non-hydrogen) atoms. The fourth-order valence-electron chi connectivity index (χ4n) is 5.42. The summed E-state index contributed by atoms with van der Waals surface area (Å²) in [6.07, 6.45) is 6.50. The lowest BCUT2D eigenvalue weighted by molar-refractivity contribution is -0.129. The van der Waals surface area contributed by atoms with Gasteiger partial charge in [0.25, 0.3) is 5.91 Å². The summed E-state index contributed by atoms with van der Waals surface area (Å²) in [5.74, 6) is -0.996. The average Bonchev–Trinajstić information content (AvgIpc) is 3.11. The summed E-state index contributed by atoms with van der Waals surface area (Å²) in [4.78, 5) is 44.8. The molecule has 0 saturated heterocycles. The highest BCUT2D eigenvalue weighted by molar-refractivity contribution is 8.00. The smallest absolute Gasteiger partial charge is 0.253 e. The molecular weight excluding hydrogens is 627 g/mol. The topological polar surface area (TPSA) is 153 Å². The lowest BCUT2D eigenvalue weighted by atomic mass is 9.95. The Balaban J connectivity index is 1.84. The third-order valence-electron chi connectivity index (χ3n) is 7.96. The molecule has 10 nitrogen and oxygen atoms in total. The summed E-state index contributed by atoms with van der Waals surface area (Å²) >= 11 is 1.66. The second-order valence-corrected chi connectivity index (χ2v) is 13.1. The van der Waals surface area contributed by atoms with E-state index in [0.717, 1.165) is 36.8 Å². The number of amides is 3. The van der Waals surface area contributed by atoms with E-state index in [1.165, 1.54) is 6.20 Å². The Morgan fingerprint density at radius 1 is 0.833 bits per heavy atom. The number of hydrogen-bond donors (Lipinski definition) is 6. The third kappa shape index (κ3) is 13.4. The Labute approximate surface area is 288 Å². The lowest BCUT2D eigenvalue weighted by Gasteiger charge is -2.32. The van der Waals surface area contributed by atoms with Crippen molar-refractivity contribution in [3.8, 4) is 0 Å². The molecule has 0 radical (unpaired) electrons. The van der Waals surface area contributed by atoms with E-state index < -0.39 is 42.0 Å². The monoisotopic (exact) mass is 677 g/mol. The quantitative estimate of drug-likeness (QED) is 0.0948. The minimum Gasteiger partial charge on any atom is -0.395 e. The maximum absolute atomic E-state index is 14.1. The van der Waals surface area contributed by atoms with Gasteiger partial charge < -0.3 is 31.5 Å². The summed E-state index contributed by atoms with van der Waals surface area (Å²) in [6.45, 7) is 4.43. The predicted molar refractivity (Wildman–Crippen MR) is 192 cm³/mol. The molecule has 260 valence electrons. The predicted octanol–water partition coefficient (Wildman–Crippen LogP) is 3.28. The number of benzene rings is 2. The molecule has 0 aliphatic rings. The first-order valence-electron chi connectivity index (χ1n) is 16.9. The van der Waals surface area contributed by atoms with E-state index in [2.05, 4.69) is 40.1 Å². The van der Waals surface area contributed by atoms with Crippen molar-refractivity contribution >= 4 is 29.5 Å². The maximum Gasteiger partial charge on any atom is 0.253 e. The van der Waals surface area contributed by atoms with Gasteiger partial charge in [0.2, 0.25) is 11.8 Å². The molecule has 4 atom stereocenters. The number of nitrogens with zero attached hydrogens (tertiary/aromatic N) is 1. The molecule has 0 aliphatic carbocycles. The minimum atomic E-state index is -1.37. The zero-order valence-electron chi connectivity index (χ0n) is 28.0. The van der Waals surface area contributed by atoms with E-state index >= 15 is 0 Å². The molecule has 0 spiro atoms. The van der Waals surface area contributed by atoms with Crippen LogP contribution in [0.1, 0.15) is 61.0 Å². The molecule has 1 unspecified atom stereocenters. The molecule has 0 aliphatic heterocycles. The first-order chi connectivity index (χ1) is 23.4. The van der Waals surface area contributed by atoms with Crippen molar-refractivity contribution < 1.29 is 24.6 Å². The largest absolute Gasteiger partial charge is 0.395 e. The molecule has 0 bridgehead atoms. The standard InChI is InChI=1S/C37H51N5O5S/c1-3-12-30(13-4-2)48-26-32(42-35(45)29-18-11-20-38-25-29)36(46)41-31(24-28-16-9-6-10-17-28)34(44)33(39-22-23-43)37(47)40-21-19-27-14-7-5-8-15-27/h5-11,14-18,20,25,30-34,39,43-44H,3-4,12-13,19,21-24,26H2,1-2H3,(H,40,47)(H,41,46)(H,42,45)/t31-,32?,33+,34+/m0/s1. The van der Waals surface area contributed by atoms with Gasteiger partial charge in [-0.05, 0) is 48.9 Å². The molecule has 2 aromatic carbocycles. The van der Waals surface area contributed by atoms with Crippen LogP contribution in [0, 0.1) is 0 Å². The number of thioether (sulfide) groups is 1. The van der Waals surface area contributed by atoms with Crippen molar-refractivity contribution in [2.45, 2.75) is 81.9 Å². The van der Waals surface area contributed by atoms with Gasteiger partial charge in [0.15, 0.2) is 0 Å². The highest BCUT2D eigenvalue weighted by Gasteiger charge is 2.35. The van der Waals surface area contributed by atoms with E-state index in [-0.39, 0.29) is 19.6 Å². The normalized spacial score (nSPS) is 13.7. The molecule has 6 N–H and O–H groups in total. The summed E-state index contributed by atoms with van der Waals surface area (Å²) in [7, 11) is 0. The molecule has 3 amide bonds. The Kier molecular flexibility index (Phi) is 17.7. The number of pyridine rings is 1. The Bertz CT molecular complexity index is 1350. The van der Waals surface area contributed by atoms with Gasteiger partial charge in [0, 0.05) is 36.5 Å². The second kappa shape index (κ2) is 22.0. The van der Waals surface area contributed by atoms with Crippen LogP contribution < -0.4 is 21.3 Å². The summed E-state index contributed by atoms with van der Waals surface area (Å²) in [5.41, 5.74) is 2.24. The molecule has 0 saturated carbocycles. The van der Waals surface area contributed by atoms with Gasteiger partial charge in [-0.2, -0.15) is 11.8 Å². The van der Waals surface area contributed by atoms with Crippen LogP contribution in [0.3, 0.4) is 0 Å². The van der Waals surface area contributed by atoms with Crippen molar-refractivity contribution in [3.63, 3.8) is 0 Å². The Hall–Kier alpha value is -3.77. The van der Waals surface area contributed by atoms with E-state index in [1.807, 2.05) is 60.7 Å². The number of rotatable bonds is 22. The Morgan fingerprint density at radius 3 is 2.10 bits per heavy atom. The second-order valence-electron chi connectivity index (χ2n) is 11.8. The van der Waals surface area contributed by atoms with Crippen molar-refractivity contribution in [2.75, 3.05) is 25.4 Å². The number of carbonyl (C=O) groups excluding carboxylic acids is 3. The minimum absolute atomic E-state index is 0.0660. The van der Waals surface area contributed by atoms with Gasteiger partial charge in [-0.15, -0.1) is 0 Å². The first-order valence-corrected chi connectivity index (χ1v) is 17.9. The van der Waals surface area contributed by atoms with Crippen molar-refractivity contribution in [2.24, 2.45) is 0 Å². The molecule has 1 heterocycles. The molecule has 0 fully saturated rings. The van der Waals surface area contributed by atoms with Crippen LogP contribution in [0.2, 0.25) is 0 Å². The molecule has 3 rings (SSSR count). The molecule has 1 aromatic heterocycles. The maximum atomic E-state index is 14.1. The lowest BCUT2D eigenvalue weighted by Crippen LogP contribution is -2.61. The van der Waals surface area contributed by atoms with Crippen LogP contribution in [-0.2, 0) is 22.4 Å². The van der Waals surface area contributed by atoms with E-state index in [0.29, 0.717) is 29.5 Å². The van der Waals surface area contributed by atoms with Gasteiger partial charge in [-0.25, -0.2) is 0 Å². The van der Waals surface area contributed by atoms with Crippen LogP contribution in [-0.4, -0.2) is 87.8 Å². The van der Waals surface area contributed by atoms with E-state index in [1.54, 1.807) is 30.1 Å². The van der Waals surface area contributed by atoms with Crippen LogP contribution in [0.25, 0.3) is 0 Å². The van der Waals surface area contributed by atoms with Crippen molar-refractivity contribution in [3.05, 3.63) is 102 Å². The Morgan fingerprint density at radius 2 is 1.50 bits per heavy atom. The third-order valence-corrected chi connectivity index (χ3v) is 9.43. The summed E-state index contributed by atoms with van der Waals surface area (Å²) < 4.78 is 0. The first kappa shape index (κ1) is 38.7. The SMILES string of the molecule is CCCC(CCC)SCC(NC(=O)c1cccnc1)C(=O)N[C@@H](Cc1ccccc1)[C@@H](O)[C@@H](NCCO)C(=O)NCCc1ccccc1. The number of hydrogen-bond acceptors (Lipinski definition) is 8. The average molecular weight is 678 g/mol. The number of aromatic nitrogens is 1. The van der Waals surface area contributed by atoms with E-state index in [4.69, 9.17) is 0 Å². The summed E-state index contributed by atoms with van der Waals surface area (Å²) in [6, 6.07) is 19.5. The van der Waals surface area contributed by atoms with Gasteiger partial charge in [-0.3, -0.25) is 19.4 Å². The molecule has 11 heteroatoms. The number of aliphatic hydroxyl groups excluding tert-OH is 2. The zero-order valence-corrected chi connectivity index (χ0v) is 28.8. The zero-order chi connectivity index (χ0) is 34.6. The van der Waals surface area contributed by atoms with E-state index in [9.17, 15) is 24.6 Å². The molecule has 3 aromatic rings. The van der Waals surface area contributed by atoms with Crippen LogP contribution in [0.15, 0.2) is 85.2 Å². The highest BCUT2D eigenvalue weighted by atomic mass is 32.2. The molecular formula is C37H51N5O5S. The van der Waals surface area contributed by atoms with Gasteiger partial charge >= 0.3 is 0 Å². The van der Waals surface area contributed by atoms with Gasteiger partial charge in [0.1, 0.15) is 12.1 Å². The number of nitrogens with one attached hydrogen (secondary N) is 4. The van der Waals surface area contributed by atoms with Crippen molar-refractivity contribution in [1.82, 2.24) is 26.3 Å². The van der Waals surface area contributed by atoms with Crippen LogP contribution >= 0.6 is 11.8 Å². The van der Waals surface area contributed by atoms with Gasteiger partial charge in [-0.1, -0.05) is 87.4 Å². The highest BCUT2D eigenvalue weighted by Crippen LogP contribution is 2.22. The summed E-state index contributed by atoms with van der Waals surface area (Å²) in [5, 5.41) is 33.4. The van der Waals surface area contributed by atoms with Gasteiger partial charge in [0.05, 0.1) is 24.3 Å². The fraction of sp³-hybridized carbons (Fsp3) is 0.459. The van der Waals surface area contributed by atoms with Crippen molar-refractivity contribution in [1.29, 1.82) is 0 Å². The number of aliphatic hydroxyl groups is 2. The van der Waals surface area contributed by atoms with Crippen LogP contribution in [0.5, 0.6) is 0 Å².